The van der Waals surface area contributed by atoms with E-state index in [-0.39, 0.29) is 5.56 Å². The molecular formula is C10H11F3N2O3. The summed E-state index contributed by atoms with van der Waals surface area (Å²) < 4.78 is 42.8. The van der Waals surface area contributed by atoms with Gasteiger partial charge in [0.05, 0.1) is 13.5 Å². The number of ether oxygens (including phenoxy) is 1. The molecule has 0 aromatic carbocycles. The van der Waals surface area contributed by atoms with Gasteiger partial charge in [0.2, 0.25) is 0 Å². The highest BCUT2D eigenvalue weighted by Crippen LogP contribution is 2.35. The fourth-order valence-corrected chi connectivity index (χ4v) is 1.43. The monoisotopic (exact) mass is 264 g/mol. The predicted molar refractivity (Wildman–Crippen MR) is 54.3 cm³/mol. The van der Waals surface area contributed by atoms with Crippen LogP contribution < -0.4 is 4.74 Å². The molecule has 1 aromatic rings. The van der Waals surface area contributed by atoms with E-state index in [1.165, 1.54) is 6.92 Å². The minimum absolute atomic E-state index is 0.259. The van der Waals surface area contributed by atoms with Crippen molar-refractivity contribution in [3.8, 4) is 6.01 Å². The number of nitrogens with zero attached hydrogens (tertiary/aromatic N) is 2. The van der Waals surface area contributed by atoms with E-state index in [0.717, 1.165) is 13.3 Å². The molecule has 0 aliphatic rings. The Morgan fingerprint density at radius 2 is 2.17 bits per heavy atom. The maximum Gasteiger partial charge on any atom is 0.433 e. The summed E-state index contributed by atoms with van der Waals surface area (Å²) >= 11 is 0. The summed E-state index contributed by atoms with van der Waals surface area (Å²) in [6.07, 6.45) is -4.17. The second-order valence-corrected chi connectivity index (χ2v) is 3.66. The molecule has 0 bridgehead atoms. The van der Waals surface area contributed by atoms with E-state index in [0.29, 0.717) is 0 Å². The van der Waals surface area contributed by atoms with Gasteiger partial charge >= 0.3 is 18.2 Å². The van der Waals surface area contributed by atoms with Crippen molar-refractivity contribution in [3.05, 3.63) is 17.5 Å². The lowest BCUT2D eigenvalue weighted by Crippen LogP contribution is -2.16. The highest BCUT2D eigenvalue weighted by atomic mass is 19.4. The van der Waals surface area contributed by atoms with Crippen LogP contribution in [0, 0.1) is 0 Å². The molecule has 1 heterocycles. The van der Waals surface area contributed by atoms with Gasteiger partial charge in [0.1, 0.15) is 0 Å². The molecule has 1 atom stereocenters. The molecule has 1 rings (SSSR count). The lowest BCUT2D eigenvalue weighted by molar-refractivity contribution is -0.143. The van der Waals surface area contributed by atoms with Gasteiger partial charge in [0.15, 0.2) is 5.69 Å². The average molecular weight is 264 g/mol. The number of carbonyl (C=O) groups is 1. The maximum absolute atomic E-state index is 12.8. The molecule has 0 aliphatic heterocycles. The number of methoxy groups -OCH3 is 1. The third-order valence-corrected chi connectivity index (χ3v) is 2.26. The summed E-state index contributed by atoms with van der Waals surface area (Å²) in [5.74, 6) is -2.03. The number of hydrogen-bond donors (Lipinski definition) is 1. The van der Waals surface area contributed by atoms with Gasteiger partial charge in [-0.15, -0.1) is 0 Å². The van der Waals surface area contributed by atoms with E-state index >= 15 is 0 Å². The lowest BCUT2D eigenvalue weighted by atomic mass is 9.97. The molecular weight excluding hydrogens is 253 g/mol. The van der Waals surface area contributed by atoms with E-state index in [4.69, 9.17) is 5.11 Å². The van der Waals surface area contributed by atoms with Crippen LogP contribution in [0.2, 0.25) is 0 Å². The number of alkyl halides is 3. The summed E-state index contributed by atoms with van der Waals surface area (Å²) in [7, 11) is 1.15. The number of rotatable bonds is 4. The summed E-state index contributed by atoms with van der Waals surface area (Å²) in [5, 5.41) is 8.59. The Morgan fingerprint density at radius 1 is 1.56 bits per heavy atom. The van der Waals surface area contributed by atoms with E-state index in [2.05, 4.69) is 14.7 Å². The van der Waals surface area contributed by atoms with Crippen LogP contribution in [0.4, 0.5) is 13.2 Å². The molecule has 0 saturated carbocycles. The summed E-state index contributed by atoms with van der Waals surface area (Å²) in [6, 6.07) is -0.409. The predicted octanol–water partition coefficient (Wildman–Crippen LogP) is 2.08. The van der Waals surface area contributed by atoms with E-state index in [1.54, 1.807) is 0 Å². The van der Waals surface area contributed by atoms with Crippen LogP contribution in [0.25, 0.3) is 0 Å². The number of halogens is 3. The SMILES string of the molecule is COc1ncc(C(C)CC(=O)O)c(C(F)(F)F)n1. The number of aromatic nitrogens is 2. The zero-order chi connectivity index (χ0) is 13.9. The van der Waals surface area contributed by atoms with Gasteiger partial charge in [0.25, 0.3) is 0 Å². The molecule has 18 heavy (non-hydrogen) atoms. The van der Waals surface area contributed by atoms with Gasteiger partial charge in [-0.25, -0.2) is 4.98 Å². The molecule has 100 valence electrons. The molecule has 1 N–H and O–H groups in total. The number of carboxylic acid groups (broad SMARTS) is 1. The maximum atomic E-state index is 12.8. The molecule has 0 aliphatic carbocycles. The first-order valence-electron chi connectivity index (χ1n) is 4.95. The topological polar surface area (TPSA) is 72.3 Å². The van der Waals surface area contributed by atoms with Gasteiger partial charge < -0.3 is 9.84 Å². The van der Waals surface area contributed by atoms with Crippen molar-refractivity contribution >= 4 is 5.97 Å². The second-order valence-electron chi connectivity index (χ2n) is 3.66. The standard InChI is InChI=1S/C10H11F3N2O3/c1-5(3-7(16)17)6-4-14-9(18-2)15-8(6)10(11,12)13/h4-5H,3H2,1-2H3,(H,16,17). The van der Waals surface area contributed by atoms with Crippen LogP contribution in [-0.4, -0.2) is 28.2 Å². The van der Waals surface area contributed by atoms with Crippen LogP contribution >= 0.6 is 0 Å². The summed E-state index contributed by atoms with van der Waals surface area (Å²) in [5.41, 5.74) is -1.42. The molecule has 5 nitrogen and oxygen atoms in total. The third-order valence-electron chi connectivity index (χ3n) is 2.26. The number of hydrogen-bond acceptors (Lipinski definition) is 4. The van der Waals surface area contributed by atoms with Crippen LogP contribution in [0.5, 0.6) is 6.01 Å². The fourth-order valence-electron chi connectivity index (χ4n) is 1.43. The molecule has 0 spiro atoms. The zero-order valence-electron chi connectivity index (χ0n) is 9.65. The Kier molecular flexibility index (Phi) is 4.10. The lowest BCUT2D eigenvalue weighted by Gasteiger charge is -2.16. The van der Waals surface area contributed by atoms with Gasteiger partial charge in [-0.05, 0) is 5.92 Å². The Bertz CT molecular complexity index is 448. The number of carboxylic acids is 1. The fraction of sp³-hybridized carbons (Fsp3) is 0.500. The van der Waals surface area contributed by atoms with E-state index in [9.17, 15) is 18.0 Å². The van der Waals surface area contributed by atoms with Gasteiger partial charge in [-0.2, -0.15) is 18.2 Å². The largest absolute Gasteiger partial charge is 0.481 e. The quantitative estimate of drug-likeness (QED) is 0.901. The van der Waals surface area contributed by atoms with Crippen molar-refractivity contribution in [1.29, 1.82) is 0 Å². The van der Waals surface area contributed by atoms with Crippen molar-refractivity contribution in [2.75, 3.05) is 7.11 Å². The number of aliphatic carboxylic acids is 1. The second kappa shape index (κ2) is 5.19. The Balaban J connectivity index is 3.22. The first kappa shape index (κ1) is 14.2. The smallest absolute Gasteiger partial charge is 0.433 e. The summed E-state index contributed by atoms with van der Waals surface area (Å²) in [6.45, 7) is 1.37. The highest BCUT2D eigenvalue weighted by molar-refractivity contribution is 5.68. The average Bonchev–Trinajstić information content (AvgIpc) is 2.26. The minimum Gasteiger partial charge on any atom is -0.481 e. The molecule has 0 saturated heterocycles. The van der Waals surface area contributed by atoms with Crippen molar-refractivity contribution in [2.45, 2.75) is 25.4 Å². The van der Waals surface area contributed by atoms with Crippen LogP contribution in [0.1, 0.15) is 30.5 Å². The molecule has 1 unspecified atom stereocenters. The molecule has 0 amide bonds. The zero-order valence-corrected chi connectivity index (χ0v) is 9.65. The molecule has 8 heteroatoms. The van der Waals surface area contributed by atoms with Gasteiger partial charge in [-0.1, -0.05) is 6.92 Å². The minimum atomic E-state index is -4.68. The van der Waals surface area contributed by atoms with E-state index < -0.39 is 36.2 Å². The van der Waals surface area contributed by atoms with Crippen molar-refractivity contribution in [2.24, 2.45) is 0 Å². The normalized spacial score (nSPS) is 13.2. The molecule has 1 aromatic heterocycles. The highest BCUT2D eigenvalue weighted by Gasteiger charge is 2.37. The molecule has 0 radical (unpaired) electrons. The van der Waals surface area contributed by atoms with Crippen LogP contribution in [-0.2, 0) is 11.0 Å². The first-order chi connectivity index (χ1) is 8.25. The van der Waals surface area contributed by atoms with Crippen LogP contribution in [0.3, 0.4) is 0 Å². The van der Waals surface area contributed by atoms with Crippen molar-refractivity contribution in [1.82, 2.24) is 9.97 Å². The van der Waals surface area contributed by atoms with Gasteiger partial charge in [0, 0.05) is 11.8 Å². The first-order valence-corrected chi connectivity index (χ1v) is 4.95. The Labute approximate surface area is 101 Å². The van der Waals surface area contributed by atoms with Crippen molar-refractivity contribution < 1.29 is 27.8 Å². The van der Waals surface area contributed by atoms with Crippen molar-refractivity contribution in [3.63, 3.8) is 0 Å². The van der Waals surface area contributed by atoms with E-state index in [1.807, 2.05) is 0 Å². The van der Waals surface area contributed by atoms with Gasteiger partial charge in [-0.3, -0.25) is 4.79 Å². The Hall–Kier alpha value is -1.86. The third kappa shape index (κ3) is 3.31. The van der Waals surface area contributed by atoms with Crippen LogP contribution in [0.15, 0.2) is 6.20 Å². The Morgan fingerprint density at radius 3 is 2.61 bits per heavy atom. The summed E-state index contributed by atoms with van der Waals surface area (Å²) in [4.78, 5) is 17.3. The molecule has 0 fully saturated rings.